The van der Waals surface area contributed by atoms with Gasteiger partial charge in [0.05, 0.1) is 24.6 Å². The minimum atomic E-state index is -1.00. The molecule has 7 nitrogen and oxygen atoms in total. The Morgan fingerprint density at radius 1 is 1.06 bits per heavy atom. The Hall–Kier alpha value is -3.75. The van der Waals surface area contributed by atoms with Crippen LogP contribution in [0.3, 0.4) is 0 Å². The van der Waals surface area contributed by atoms with Crippen LogP contribution in [0.2, 0.25) is 0 Å². The van der Waals surface area contributed by atoms with E-state index >= 15 is 0 Å². The summed E-state index contributed by atoms with van der Waals surface area (Å²) < 4.78 is 39.8. The molecule has 31 heavy (non-hydrogen) atoms. The van der Waals surface area contributed by atoms with Crippen LogP contribution >= 0.6 is 0 Å². The number of pyridine rings is 1. The maximum atomic E-state index is 14.5. The summed E-state index contributed by atoms with van der Waals surface area (Å²) in [7, 11) is 1.54. The highest BCUT2D eigenvalue weighted by atomic mass is 19.1. The molecule has 0 aliphatic carbocycles. The summed E-state index contributed by atoms with van der Waals surface area (Å²) >= 11 is 0. The monoisotopic (exact) mass is 430 g/mol. The molecule has 0 saturated heterocycles. The zero-order valence-corrected chi connectivity index (χ0v) is 16.9. The number of aromatic nitrogens is 1. The van der Waals surface area contributed by atoms with Gasteiger partial charge in [0.15, 0.2) is 0 Å². The third-order valence-corrected chi connectivity index (χ3v) is 4.58. The lowest BCUT2D eigenvalue weighted by Gasteiger charge is -2.14. The molecule has 1 heterocycles. The van der Waals surface area contributed by atoms with E-state index in [0.717, 1.165) is 28.5 Å². The second-order valence-corrected chi connectivity index (χ2v) is 6.60. The van der Waals surface area contributed by atoms with Gasteiger partial charge in [-0.1, -0.05) is 12.1 Å². The van der Waals surface area contributed by atoms with Crippen LogP contribution in [0.4, 0.5) is 8.78 Å². The van der Waals surface area contributed by atoms with Crippen molar-refractivity contribution in [3.8, 4) is 5.75 Å². The highest BCUT2D eigenvalue weighted by molar-refractivity contribution is 5.94. The highest BCUT2D eigenvalue weighted by Crippen LogP contribution is 2.20. The van der Waals surface area contributed by atoms with Crippen molar-refractivity contribution < 1.29 is 27.8 Å². The molecule has 0 saturated carbocycles. The molecule has 0 fully saturated rings. The molecule has 1 amide bonds. The third-order valence-electron chi connectivity index (χ3n) is 4.58. The summed E-state index contributed by atoms with van der Waals surface area (Å²) in [5.74, 6) is -2.74. The van der Waals surface area contributed by atoms with E-state index in [0.29, 0.717) is 5.75 Å². The van der Waals surface area contributed by atoms with Crippen LogP contribution in [0.25, 0.3) is 10.9 Å². The number of halogens is 2. The van der Waals surface area contributed by atoms with E-state index in [1.54, 1.807) is 31.2 Å². The zero-order valence-electron chi connectivity index (χ0n) is 16.9. The minimum absolute atomic E-state index is 0.00963. The van der Waals surface area contributed by atoms with Crippen LogP contribution in [0.15, 0.2) is 47.4 Å². The van der Waals surface area contributed by atoms with Crippen LogP contribution in [0, 0.1) is 11.6 Å². The Bertz CT molecular complexity index is 1190. The van der Waals surface area contributed by atoms with E-state index in [1.807, 2.05) is 0 Å². The van der Waals surface area contributed by atoms with Gasteiger partial charge in [0.2, 0.25) is 11.3 Å². The third kappa shape index (κ3) is 4.71. The predicted octanol–water partition coefficient (Wildman–Crippen LogP) is 2.78. The van der Waals surface area contributed by atoms with Crippen molar-refractivity contribution in [1.29, 1.82) is 0 Å². The summed E-state index contributed by atoms with van der Waals surface area (Å²) in [5.41, 5.74) is -1.09. The number of amides is 1. The number of hydrogen-bond acceptors (Lipinski definition) is 5. The Kier molecular flexibility index (Phi) is 6.64. The quantitative estimate of drug-likeness (QED) is 0.583. The van der Waals surface area contributed by atoms with Crippen LogP contribution in [0.1, 0.15) is 22.8 Å². The summed E-state index contributed by atoms with van der Waals surface area (Å²) in [6.45, 7) is 1.27. The maximum absolute atomic E-state index is 14.5. The molecule has 3 aromatic rings. The van der Waals surface area contributed by atoms with Crippen molar-refractivity contribution in [2.75, 3.05) is 13.7 Å². The SMILES string of the molecule is CCOC(=O)c1cn(CC(=O)NCc2ccc(OC)cc2)c2c(F)ccc(F)c2c1=O. The normalized spacial score (nSPS) is 10.7. The highest BCUT2D eigenvalue weighted by Gasteiger charge is 2.22. The minimum Gasteiger partial charge on any atom is -0.497 e. The Morgan fingerprint density at radius 2 is 1.74 bits per heavy atom. The fourth-order valence-electron chi connectivity index (χ4n) is 3.09. The van der Waals surface area contributed by atoms with Gasteiger partial charge in [0, 0.05) is 12.7 Å². The van der Waals surface area contributed by atoms with Crippen LogP contribution in [0.5, 0.6) is 5.75 Å². The van der Waals surface area contributed by atoms with Gasteiger partial charge in [0.1, 0.15) is 29.5 Å². The zero-order chi connectivity index (χ0) is 22.5. The lowest BCUT2D eigenvalue weighted by molar-refractivity contribution is -0.121. The predicted molar refractivity (Wildman–Crippen MR) is 109 cm³/mol. The number of ether oxygens (including phenoxy) is 2. The standard InChI is InChI=1S/C22H20F2N2O5/c1-3-31-22(29)15-11-26(20-17(24)9-8-16(23)19(20)21(15)28)12-18(27)25-10-13-4-6-14(30-2)7-5-13/h4-9,11H,3,10,12H2,1-2H3,(H,25,27). The number of esters is 1. The number of benzene rings is 2. The second-order valence-electron chi connectivity index (χ2n) is 6.60. The van der Waals surface area contributed by atoms with Crippen molar-refractivity contribution in [3.63, 3.8) is 0 Å². The number of rotatable bonds is 7. The molecule has 3 rings (SSSR count). The molecule has 9 heteroatoms. The molecule has 0 aliphatic heterocycles. The van der Waals surface area contributed by atoms with Gasteiger partial charge in [0.25, 0.3) is 0 Å². The van der Waals surface area contributed by atoms with Crippen molar-refractivity contribution in [2.45, 2.75) is 20.0 Å². The van der Waals surface area contributed by atoms with E-state index in [9.17, 15) is 23.2 Å². The number of nitrogens with zero attached hydrogens (tertiary/aromatic N) is 1. The molecule has 162 valence electrons. The summed E-state index contributed by atoms with van der Waals surface area (Å²) in [5, 5.41) is 2.04. The van der Waals surface area contributed by atoms with E-state index < -0.39 is 52.0 Å². The van der Waals surface area contributed by atoms with Crippen LogP contribution in [-0.2, 0) is 22.6 Å². The molecular formula is C22H20F2N2O5. The molecule has 0 radical (unpaired) electrons. The summed E-state index contributed by atoms with van der Waals surface area (Å²) in [4.78, 5) is 37.2. The molecule has 0 aliphatic rings. The van der Waals surface area contributed by atoms with E-state index in [2.05, 4.69) is 5.32 Å². The molecule has 0 atom stereocenters. The molecule has 0 unspecified atom stereocenters. The van der Waals surface area contributed by atoms with E-state index in [-0.39, 0.29) is 13.2 Å². The van der Waals surface area contributed by atoms with Crippen LogP contribution < -0.4 is 15.5 Å². The molecular weight excluding hydrogens is 410 g/mol. The lowest BCUT2D eigenvalue weighted by Crippen LogP contribution is -2.29. The second kappa shape index (κ2) is 9.38. The molecule has 0 spiro atoms. The lowest BCUT2D eigenvalue weighted by atomic mass is 10.1. The summed E-state index contributed by atoms with van der Waals surface area (Å²) in [6, 6.07) is 8.65. The van der Waals surface area contributed by atoms with Crippen molar-refractivity contribution in [1.82, 2.24) is 9.88 Å². The number of methoxy groups -OCH3 is 1. The van der Waals surface area contributed by atoms with Gasteiger partial charge in [-0.2, -0.15) is 0 Å². The van der Waals surface area contributed by atoms with Gasteiger partial charge in [-0.25, -0.2) is 13.6 Å². The summed E-state index contributed by atoms with van der Waals surface area (Å²) in [6.07, 6.45) is 1.01. The number of fused-ring (bicyclic) bond motifs is 1. The van der Waals surface area contributed by atoms with Crippen molar-refractivity contribution in [2.24, 2.45) is 0 Å². The van der Waals surface area contributed by atoms with E-state index in [4.69, 9.17) is 9.47 Å². The van der Waals surface area contributed by atoms with Crippen molar-refractivity contribution in [3.05, 3.63) is 75.6 Å². The Balaban J connectivity index is 1.93. The first-order valence-corrected chi connectivity index (χ1v) is 9.43. The number of carbonyl (C=O) groups is 2. The first-order chi connectivity index (χ1) is 14.8. The maximum Gasteiger partial charge on any atom is 0.343 e. The number of nitrogens with one attached hydrogen (secondary N) is 1. The average molecular weight is 430 g/mol. The fraction of sp³-hybridized carbons (Fsp3) is 0.227. The molecule has 1 aromatic heterocycles. The van der Waals surface area contributed by atoms with Crippen molar-refractivity contribution >= 4 is 22.8 Å². The van der Waals surface area contributed by atoms with Gasteiger partial charge < -0.3 is 19.4 Å². The van der Waals surface area contributed by atoms with Gasteiger partial charge in [-0.05, 0) is 36.8 Å². The first kappa shape index (κ1) is 21.9. The molecule has 1 N–H and O–H groups in total. The molecule has 2 aromatic carbocycles. The van der Waals surface area contributed by atoms with Gasteiger partial charge in [-0.3, -0.25) is 9.59 Å². The van der Waals surface area contributed by atoms with Gasteiger partial charge >= 0.3 is 5.97 Å². The van der Waals surface area contributed by atoms with Gasteiger partial charge in [-0.15, -0.1) is 0 Å². The largest absolute Gasteiger partial charge is 0.497 e. The number of hydrogen-bond donors (Lipinski definition) is 1. The number of carbonyl (C=O) groups excluding carboxylic acids is 2. The molecule has 0 bridgehead atoms. The van der Waals surface area contributed by atoms with E-state index in [1.165, 1.54) is 7.11 Å². The Morgan fingerprint density at radius 3 is 2.39 bits per heavy atom. The fourth-order valence-corrected chi connectivity index (χ4v) is 3.09. The Labute approximate surface area is 176 Å². The smallest absolute Gasteiger partial charge is 0.343 e. The topological polar surface area (TPSA) is 86.6 Å². The van der Waals surface area contributed by atoms with Crippen LogP contribution in [-0.4, -0.2) is 30.2 Å². The average Bonchev–Trinajstić information content (AvgIpc) is 2.76. The first-order valence-electron chi connectivity index (χ1n) is 9.43.